The van der Waals surface area contributed by atoms with Crippen molar-refractivity contribution in [1.82, 2.24) is 0 Å². The number of nitrogens with two attached hydrogens (primary N) is 1. The summed E-state index contributed by atoms with van der Waals surface area (Å²) >= 11 is 6.20. The van der Waals surface area contributed by atoms with E-state index in [0.717, 1.165) is 23.6 Å². The van der Waals surface area contributed by atoms with Crippen LogP contribution in [0.1, 0.15) is 18.1 Å². The van der Waals surface area contributed by atoms with E-state index in [1.807, 2.05) is 25.1 Å². The number of benzene rings is 2. The Balaban J connectivity index is 2.06. The van der Waals surface area contributed by atoms with Gasteiger partial charge in [0.1, 0.15) is 0 Å². The van der Waals surface area contributed by atoms with Crippen molar-refractivity contribution in [2.75, 3.05) is 11.9 Å². The van der Waals surface area contributed by atoms with Crippen LogP contribution in [0.5, 0.6) is 0 Å². The van der Waals surface area contributed by atoms with E-state index in [-0.39, 0.29) is 6.04 Å². The van der Waals surface area contributed by atoms with Crippen LogP contribution in [0.2, 0.25) is 5.02 Å². The molecule has 0 fully saturated rings. The Morgan fingerprint density at radius 3 is 2.35 bits per heavy atom. The second-order valence-electron chi connectivity index (χ2n) is 5.30. The van der Waals surface area contributed by atoms with Crippen LogP contribution in [-0.2, 0) is 13.0 Å². The third kappa shape index (κ3) is 3.99. The Kier molecular flexibility index (Phi) is 5.05. The molecule has 2 aromatic carbocycles. The quantitative estimate of drug-likeness (QED) is 0.905. The highest BCUT2D eigenvalue weighted by Gasteiger charge is 2.05. The van der Waals surface area contributed by atoms with E-state index in [4.69, 9.17) is 17.3 Å². The van der Waals surface area contributed by atoms with Gasteiger partial charge in [0.2, 0.25) is 0 Å². The normalized spacial score (nSPS) is 12.2. The van der Waals surface area contributed by atoms with Gasteiger partial charge in [-0.3, -0.25) is 0 Å². The summed E-state index contributed by atoms with van der Waals surface area (Å²) < 4.78 is 0. The van der Waals surface area contributed by atoms with Gasteiger partial charge in [0.15, 0.2) is 0 Å². The van der Waals surface area contributed by atoms with E-state index < -0.39 is 0 Å². The van der Waals surface area contributed by atoms with Gasteiger partial charge in [-0.2, -0.15) is 0 Å². The van der Waals surface area contributed by atoms with E-state index in [9.17, 15) is 0 Å². The number of rotatable bonds is 5. The van der Waals surface area contributed by atoms with Gasteiger partial charge >= 0.3 is 0 Å². The fourth-order valence-electron chi connectivity index (χ4n) is 2.23. The van der Waals surface area contributed by atoms with Crippen molar-refractivity contribution in [2.24, 2.45) is 5.73 Å². The summed E-state index contributed by atoms with van der Waals surface area (Å²) in [5, 5.41) is 0.813. The van der Waals surface area contributed by atoms with Crippen LogP contribution in [-0.4, -0.2) is 13.1 Å². The summed E-state index contributed by atoms with van der Waals surface area (Å²) in [6.45, 7) is 2.82. The van der Waals surface area contributed by atoms with Crippen molar-refractivity contribution in [3.8, 4) is 0 Å². The maximum Gasteiger partial charge on any atom is 0.0455 e. The lowest BCUT2D eigenvalue weighted by molar-refractivity contribution is 0.738. The van der Waals surface area contributed by atoms with Crippen molar-refractivity contribution < 1.29 is 0 Å². The second kappa shape index (κ2) is 6.78. The number of hydrogen-bond acceptors (Lipinski definition) is 2. The lowest BCUT2D eigenvalue weighted by atomic mass is 10.1. The number of halogens is 1. The Hall–Kier alpha value is -1.51. The standard InChI is InChI=1S/C17H21ClN2/c1-13(19)11-14-7-9-16(10-8-14)20(2)12-15-5-3-4-6-17(15)18/h3-10,13H,11-12,19H2,1-2H3. The molecule has 0 aliphatic rings. The van der Waals surface area contributed by atoms with Gasteiger partial charge in [0.05, 0.1) is 0 Å². The topological polar surface area (TPSA) is 29.3 Å². The summed E-state index contributed by atoms with van der Waals surface area (Å²) in [5.74, 6) is 0. The molecule has 1 unspecified atom stereocenters. The molecule has 0 bridgehead atoms. The zero-order chi connectivity index (χ0) is 14.5. The van der Waals surface area contributed by atoms with Gasteiger partial charge in [-0.05, 0) is 42.7 Å². The van der Waals surface area contributed by atoms with E-state index in [1.54, 1.807) is 0 Å². The van der Waals surface area contributed by atoms with Crippen molar-refractivity contribution in [2.45, 2.75) is 25.9 Å². The molecule has 2 N–H and O–H groups in total. The van der Waals surface area contributed by atoms with Gasteiger partial charge in [0, 0.05) is 30.3 Å². The molecule has 2 aromatic rings. The third-order valence-electron chi connectivity index (χ3n) is 3.30. The molecule has 2 nitrogen and oxygen atoms in total. The van der Waals surface area contributed by atoms with Crippen LogP contribution >= 0.6 is 11.6 Å². The zero-order valence-corrected chi connectivity index (χ0v) is 12.8. The monoisotopic (exact) mass is 288 g/mol. The summed E-state index contributed by atoms with van der Waals surface area (Å²) in [7, 11) is 2.07. The largest absolute Gasteiger partial charge is 0.370 e. The van der Waals surface area contributed by atoms with Gasteiger partial charge in [-0.15, -0.1) is 0 Å². The molecule has 0 radical (unpaired) electrons. The molecule has 0 saturated heterocycles. The zero-order valence-electron chi connectivity index (χ0n) is 12.0. The minimum atomic E-state index is 0.196. The third-order valence-corrected chi connectivity index (χ3v) is 3.67. The van der Waals surface area contributed by atoms with Crippen LogP contribution in [0.25, 0.3) is 0 Å². The molecular formula is C17H21ClN2. The van der Waals surface area contributed by atoms with Crippen molar-refractivity contribution >= 4 is 17.3 Å². The summed E-state index contributed by atoms with van der Waals surface area (Å²) in [6.07, 6.45) is 0.911. The number of anilines is 1. The van der Waals surface area contributed by atoms with Gasteiger partial charge in [-0.1, -0.05) is 41.9 Å². The smallest absolute Gasteiger partial charge is 0.0455 e. The van der Waals surface area contributed by atoms with Gasteiger partial charge in [0.25, 0.3) is 0 Å². The average molecular weight is 289 g/mol. The minimum absolute atomic E-state index is 0.196. The summed E-state index contributed by atoms with van der Waals surface area (Å²) in [4.78, 5) is 2.19. The summed E-state index contributed by atoms with van der Waals surface area (Å²) in [5.41, 5.74) is 9.40. The highest BCUT2D eigenvalue weighted by atomic mass is 35.5. The van der Waals surface area contributed by atoms with Crippen LogP contribution in [0.15, 0.2) is 48.5 Å². The number of hydrogen-bond donors (Lipinski definition) is 1. The minimum Gasteiger partial charge on any atom is -0.370 e. The predicted octanol–water partition coefficient (Wildman–Crippen LogP) is 3.87. The average Bonchev–Trinajstić information content (AvgIpc) is 2.41. The van der Waals surface area contributed by atoms with Crippen LogP contribution in [0.3, 0.4) is 0 Å². The van der Waals surface area contributed by atoms with E-state index >= 15 is 0 Å². The first-order valence-electron chi connectivity index (χ1n) is 6.85. The highest BCUT2D eigenvalue weighted by Crippen LogP contribution is 2.21. The lowest BCUT2D eigenvalue weighted by Crippen LogP contribution is -2.18. The Bertz CT molecular complexity index is 549. The SMILES string of the molecule is CC(N)Cc1ccc(N(C)Cc2ccccc2Cl)cc1. The van der Waals surface area contributed by atoms with Crippen molar-refractivity contribution in [3.63, 3.8) is 0 Å². The molecule has 0 aliphatic heterocycles. The van der Waals surface area contributed by atoms with E-state index in [2.05, 4.69) is 42.3 Å². The van der Waals surface area contributed by atoms with Gasteiger partial charge in [-0.25, -0.2) is 0 Å². The molecule has 0 amide bonds. The molecule has 3 heteroatoms. The molecule has 20 heavy (non-hydrogen) atoms. The van der Waals surface area contributed by atoms with Crippen molar-refractivity contribution in [3.05, 3.63) is 64.7 Å². The molecule has 1 atom stereocenters. The fraction of sp³-hybridized carbons (Fsp3) is 0.294. The first kappa shape index (κ1) is 14.9. The number of nitrogens with zero attached hydrogens (tertiary/aromatic N) is 1. The van der Waals surface area contributed by atoms with Crippen LogP contribution in [0.4, 0.5) is 5.69 Å². The molecular weight excluding hydrogens is 268 g/mol. The van der Waals surface area contributed by atoms with Crippen molar-refractivity contribution in [1.29, 1.82) is 0 Å². The second-order valence-corrected chi connectivity index (χ2v) is 5.70. The fourth-order valence-corrected chi connectivity index (χ4v) is 2.43. The maximum atomic E-state index is 6.20. The van der Waals surface area contributed by atoms with Gasteiger partial charge < -0.3 is 10.6 Å². The molecule has 0 heterocycles. The molecule has 2 rings (SSSR count). The maximum absolute atomic E-state index is 6.20. The first-order valence-corrected chi connectivity index (χ1v) is 7.23. The summed E-state index contributed by atoms with van der Waals surface area (Å²) in [6, 6.07) is 16.7. The van der Waals surface area contributed by atoms with Crippen LogP contribution in [0, 0.1) is 0 Å². The molecule has 0 aromatic heterocycles. The Morgan fingerprint density at radius 1 is 1.10 bits per heavy atom. The molecule has 0 saturated carbocycles. The molecule has 0 aliphatic carbocycles. The highest BCUT2D eigenvalue weighted by molar-refractivity contribution is 6.31. The molecule has 0 spiro atoms. The first-order chi connectivity index (χ1) is 9.56. The van der Waals surface area contributed by atoms with Crippen LogP contribution < -0.4 is 10.6 Å². The van der Waals surface area contributed by atoms with E-state index in [1.165, 1.54) is 11.3 Å². The molecule has 106 valence electrons. The Labute approximate surface area is 126 Å². The van der Waals surface area contributed by atoms with E-state index in [0.29, 0.717) is 0 Å². The predicted molar refractivity (Wildman–Crippen MR) is 87.4 cm³/mol. The Morgan fingerprint density at radius 2 is 1.75 bits per heavy atom. The lowest BCUT2D eigenvalue weighted by Gasteiger charge is -2.20.